The smallest absolute Gasteiger partial charge is 0.423 e. The molecular formula is C37H34BBr3N2O2. The number of aryl methyl sites for hydroxylation is 2. The van der Waals surface area contributed by atoms with Crippen LogP contribution in [0.1, 0.15) is 18.6 Å². The third-order valence-corrected chi connectivity index (χ3v) is 8.68. The van der Waals surface area contributed by atoms with Crippen molar-refractivity contribution >= 4 is 60.4 Å². The molecule has 0 radical (unpaired) electrons. The van der Waals surface area contributed by atoms with Crippen LogP contribution < -0.4 is 5.46 Å². The first-order valence-electron chi connectivity index (χ1n) is 13.8. The van der Waals surface area contributed by atoms with E-state index in [1.54, 1.807) is 18.3 Å². The summed E-state index contributed by atoms with van der Waals surface area (Å²) in [6, 6.07) is 40.1. The lowest BCUT2D eigenvalue weighted by molar-refractivity contribution is 0.426. The third kappa shape index (κ3) is 10.9. The van der Waals surface area contributed by atoms with Crippen LogP contribution in [0.4, 0.5) is 0 Å². The monoisotopic (exact) mass is 786 g/mol. The molecule has 2 N–H and O–H groups in total. The Morgan fingerprint density at radius 1 is 0.533 bits per heavy atom. The summed E-state index contributed by atoms with van der Waals surface area (Å²) >= 11 is 10.1. The second kappa shape index (κ2) is 17.9. The predicted molar refractivity (Wildman–Crippen MR) is 200 cm³/mol. The summed E-state index contributed by atoms with van der Waals surface area (Å²) in [6.07, 6.45) is 3.62. The summed E-state index contributed by atoms with van der Waals surface area (Å²) in [7, 11) is -1.41. The van der Waals surface area contributed by atoms with E-state index in [4.69, 9.17) is 10.0 Å². The molecule has 2 aromatic heterocycles. The summed E-state index contributed by atoms with van der Waals surface area (Å²) < 4.78 is 2.97. The third-order valence-electron chi connectivity index (χ3n) is 6.59. The van der Waals surface area contributed by atoms with Gasteiger partial charge in [-0.1, -0.05) is 111 Å². The SMILES string of the molecule is C.Cc1cc(-c2cccc(-c3ccccc3)c2)ncc1Br.Cc1cc(Br)cnc1Br.OB(O)c1cccc(-c2ccccc2)c1. The second-order valence-corrected chi connectivity index (χ2v) is 12.4. The van der Waals surface area contributed by atoms with Gasteiger partial charge in [0.25, 0.3) is 0 Å². The number of hydrogen-bond donors (Lipinski definition) is 2. The summed E-state index contributed by atoms with van der Waals surface area (Å²) in [6.45, 7) is 4.08. The topological polar surface area (TPSA) is 66.2 Å². The van der Waals surface area contributed by atoms with Crippen LogP contribution in [0.25, 0.3) is 33.5 Å². The van der Waals surface area contributed by atoms with E-state index in [-0.39, 0.29) is 7.43 Å². The molecule has 0 aliphatic carbocycles. The second-order valence-electron chi connectivity index (χ2n) is 9.89. The van der Waals surface area contributed by atoms with Crippen LogP contribution in [-0.4, -0.2) is 27.1 Å². The van der Waals surface area contributed by atoms with Gasteiger partial charge in [0.05, 0.1) is 5.69 Å². The first-order chi connectivity index (χ1) is 21.2. The summed E-state index contributed by atoms with van der Waals surface area (Å²) in [5.74, 6) is 0. The highest BCUT2D eigenvalue weighted by Crippen LogP contribution is 2.27. The van der Waals surface area contributed by atoms with E-state index in [9.17, 15) is 0 Å². The molecule has 6 rings (SSSR count). The standard InChI is InChI=1S/C18H14BrN.C12H11BO2.C6H5Br2N.CH4/c1-13-10-18(20-12-17(13)19)16-9-5-8-15(11-16)14-6-3-2-4-7-14;14-13(15)12-8-4-7-11(9-12)10-5-2-1-3-6-10;1-4-2-5(7)3-9-6(4)8;/h2-12H,1H3;1-9,14-15H;2-3H,1H3;1H4. The Labute approximate surface area is 291 Å². The van der Waals surface area contributed by atoms with Gasteiger partial charge in [-0.2, -0.15) is 0 Å². The maximum atomic E-state index is 9.05. The average molecular weight is 789 g/mol. The average Bonchev–Trinajstić information content (AvgIpc) is 3.06. The minimum Gasteiger partial charge on any atom is -0.423 e. The predicted octanol–water partition coefficient (Wildman–Crippen LogP) is 10.1. The molecule has 0 amide bonds. The Bertz CT molecular complexity index is 1800. The first kappa shape index (κ1) is 36.1. The van der Waals surface area contributed by atoms with Crippen LogP contribution in [0.2, 0.25) is 0 Å². The van der Waals surface area contributed by atoms with E-state index in [1.165, 1.54) is 16.7 Å². The Morgan fingerprint density at radius 2 is 1.07 bits per heavy atom. The number of hydrogen-bond acceptors (Lipinski definition) is 4. The van der Waals surface area contributed by atoms with Gasteiger partial charge in [-0.15, -0.1) is 0 Å². The molecule has 2 heterocycles. The van der Waals surface area contributed by atoms with Crippen molar-refractivity contribution in [3.63, 3.8) is 0 Å². The van der Waals surface area contributed by atoms with Crippen LogP contribution in [-0.2, 0) is 0 Å². The van der Waals surface area contributed by atoms with Crippen molar-refractivity contribution in [2.24, 2.45) is 0 Å². The highest BCUT2D eigenvalue weighted by molar-refractivity contribution is 9.11. The van der Waals surface area contributed by atoms with Crippen molar-refractivity contribution in [3.8, 4) is 33.5 Å². The number of halogens is 3. The van der Waals surface area contributed by atoms with Crippen molar-refractivity contribution in [2.45, 2.75) is 21.3 Å². The lowest BCUT2D eigenvalue weighted by atomic mass is 9.79. The molecule has 8 heteroatoms. The van der Waals surface area contributed by atoms with Crippen LogP contribution in [0.15, 0.2) is 147 Å². The van der Waals surface area contributed by atoms with Crippen molar-refractivity contribution < 1.29 is 10.0 Å². The van der Waals surface area contributed by atoms with E-state index >= 15 is 0 Å². The molecule has 4 aromatic carbocycles. The summed E-state index contributed by atoms with van der Waals surface area (Å²) in [5, 5.41) is 18.1. The van der Waals surface area contributed by atoms with E-state index in [2.05, 4.69) is 119 Å². The fourth-order valence-corrected chi connectivity index (χ4v) is 5.10. The fraction of sp³-hybridized carbons (Fsp3) is 0.0811. The minimum absolute atomic E-state index is 0. The molecule has 0 aliphatic heterocycles. The van der Waals surface area contributed by atoms with E-state index in [0.29, 0.717) is 5.46 Å². The van der Waals surface area contributed by atoms with Gasteiger partial charge in [-0.25, -0.2) is 4.98 Å². The molecule has 0 atom stereocenters. The number of benzene rings is 4. The van der Waals surface area contributed by atoms with Gasteiger partial charge < -0.3 is 10.0 Å². The molecule has 45 heavy (non-hydrogen) atoms. The lowest BCUT2D eigenvalue weighted by Gasteiger charge is -2.07. The van der Waals surface area contributed by atoms with Crippen LogP contribution in [0.3, 0.4) is 0 Å². The molecular weight excluding hydrogens is 755 g/mol. The molecule has 0 unspecified atom stereocenters. The molecule has 6 aromatic rings. The van der Waals surface area contributed by atoms with Gasteiger partial charge >= 0.3 is 7.12 Å². The Kier molecular flexibility index (Phi) is 14.4. The molecule has 0 aliphatic rings. The fourth-order valence-electron chi connectivity index (χ4n) is 4.22. The van der Waals surface area contributed by atoms with E-state index in [1.807, 2.05) is 67.7 Å². The quantitative estimate of drug-likeness (QED) is 0.138. The van der Waals surface area contributed by atoms with E-state index in [0.717, 1.165) is 41.5 Å². The van der Waals surface area contributed by atoms with Gasteiger partial charge in [0.15, 0.2) is 0 Å². The van der Waals surface area contributed by atoms with Crippen molar-refractivity contribution in [3.05, 3.63) is 158 Å². The number of nitrogens with zero attached hydrogens (tertiary/aromatic N) is 2. The van der Waals surface area contributed by atoms with Gasteiger partial charge in [0.2, 0.25) is 0 Å². The van der Waals surface area contributed by atoms with Crippen molar-refractivity contribution in [1.29, 1.82) is 0 Å². The van der Waals surface area contributed by atoms with Crippen LogP contribution in [0.5, 0.6) is 0 Å². The summed E-state index contributed by atoms with van der Waals surface area (Å²) in [5.41, 5.74) is 9.49. The highest BCUT2D eigenvalue weighted by Gasteiger charge is 2.11. The molecule has 0 saturated carbocycles. The molecule has 0 saturated heterocycles. The Balaban J connectivity index is 0.000000195. The van der Waals surface area contributed by atoms with Crippen LogP contribution >= 0.6 is 47.8 Å². The molecule has 0 bridgehead atoms. The first-order valence-corrected chi connectivity index (χ1v) is 16.2. The van der Waals surface area contributed by atoms with E-state index < -0.39 is 7.12 Å². The highest BCUT2D eigenvalue weighted by atomic mass is 79.9. The lowest BCUT2D eigenvalue weighted by Crippen LogP contribution is -2.29. The maximum Gasteiger partial charge on any atom is 0.488 e. The minimum atomic E-state index is -1.41. The van der Waals surface area contributed by atoms with Gasteiger partial charge in [-0.3, -0.25) is 4.98 Å². The van der Waals surface area contributed by atoms with Crippen molar-refractivity contribution in [2.75, 3.05) is 0 Å². The van der Waals surface area contributed by atoms with Crippen molar-refractivity contribution in [1.82, 2.24) is 9.97 Å². The number of pyridine rings is 2. The van der Waals surface area contributed by atoms with Crippen LogP contribution in [0, 0.1) is 13.8 Å². The molecule has 228 valence electrons. The Hall–Kier alpha value is -3.40. The van der Waals surface area contributed by atoms with Gasteiger partial charge in [-0.05, 0) is 119 Å². The number of rotatable bonds is 4. The molecule has 0 fully saturated rings. The van der Waals surface area contributed by atoms with Gasteiger partial charge in [0.1, 0.15) is 4.60 Å². The zero-order valence-corrected chi connectivity index (χ0v) is 29.0. The number of aromatic nitrogens is 2. The normalized spacial score (nSPS) is 9.93. The molecule has 0 spiro atoms. The molecule has 4 nitrogen and oxygen atoms in total. The zero-order chi connectivity index (χ0) is 31.5. The zero-order valence-electron chi connectivity index (χ0n) is 24.2. The maximum absolute atomic E-state index is 9.05. The van der Waals surface area contributed by atoms with Gasteiger partial charge in [0, 0.05) is 26.9 Å². The Morgan fingerprint density at radius 3 is 1.60 bits per heavy atom. The largest absolute Gasteiger partial charge is 0.488 e. The summed E-state index contributed by atoms with van der Waals surface area (Å²) in [4.78, 5) is 8.55.